The maximum atomic E-state index is 12.9. The summed E-state index contributed by atoms with van der Waals surface area (Å²) in [5.74, 6) is 3.81. The number of methoxy groups -OCH3 is 3. The number of imidazole rings is 1. The number of nitrogens with one attached hydrogen (secondary N) is 1. The second-order valence-corrected chi connectivity index (χ2v) is 10.4. The minimum atomic E-state index is 0.000557. The van der Waals surface area contributed by atoms with Crippen LogP contribution in [0, 0.1) is 5.92 Å². The number of anilines is 3. The number of aliphatic hydroxyl groups is 1. The molecule has 3 aromatic rings. The molecule has 0 bridgehead atoms. The molecule has 0 spiro atoms. The lowest BCUT2D eigenvalue weighted by atomic mass is 10.0. The molecule has 4 heterocycles. The average Bonchev–Trinajstić information content (AvgIpc) is 3.55. The Bertz CT molecular complexity index is 1380. The van der Waals surface area contributed by atoms with E-state index in [1.54, 1.807) is 27.7 Å². The van der Waals surface area contributed by atoms with Crippen LogP contribution in [0.2, 0.25) is 0 Å². The van der Waals surface area contributed by atoms with Gasteiger partial charge in [0.1, 0.15) is 12.1 Å². The average molecular weight is 550 g/mol. The molecule has 1 saturated heterocycles. The van der Waals surface area contributed by atoms with Crippen LogP contribution in [0.3, 0.4) is 0 Å². The Hall–Kier alpha value is -4.06. The predicted molar refractivity (Wildman–Crippen MR) is 148 cm³/mol. The lowest BCUT2D eigenvalue weighted by Crippen LogP contribution is -2.40. The summed E-state index contributed by atoms with van der Waals surface area (Å²) < 4.78 is 18.3. The summed E-state index contributed by atoms with van der Waals surface area (Å²) in [4.78, 5) is 31.3. The fourth-order valence-electron chi connectivity index (χ4n) is 5.63. The number of carbonyl (C=O) groups excluding carboxylic acids is 1. The lowest BCUT2D eigenvalue weighted by molar-refractivity contribution is -0.133. The van der Waals surface area contributed by atoms with E-state index in [0.717, 1.165) is 55.0 Å². The SMILES string of the molecule is COc1cc(-n2cnc(Nc3nc4c(c(N5CCCC5CO)n3)CN(C(=O)C3CC3)CC4)c2)cc(OC)c1OC. The van der Waals surface area contributed by atoms with Crippen molar-refractivity contribution in [2.24, 2.45) is 5.92 Å². The van der Waals surface area contributed by atoms with E-state index in [2.05, 4.69) is 15.2 Å². The Morgan fingerprint density at radius 3 is 2.52 bits per heavy atom. The van der Waals surface area contributed by atoms with Crippen LogP contribution in [-0.4, -0.2) is 82.5 Å². The molecule has 12 heteroatoms. The molecule has 1 aromatic carbocycles. The van der Waals surface area contributed by atoms with Crippen LogP contribution in [0.1, 0.15) is 36.9 Å². The van der Waals surface area contributed by atoms with Gasteiger partial charge >= 0.3 is 0 Å². The van der Waals surface area contributed by atoms with Crippen molar-refractivity contribution in [3.05, 3.63) is 35.9 Å². The van der Waals surface area contributed by atoms with E-state index in [4.69, 9.17) is 24.2 Å². The number of aliphatic hydroxyl groups excluding tert-OH is 1. The van der Waals surface area contributed by atoms with Gasteiger partial charge < -0.3 is 39.0 Å². The Labute approximate surface area is 232 Å². The number of benzene rings is 1. The van der Waals surface area contributed by atoms with Crippen LogP contribution in [0.5, 0.6) is 17.2 Å². The van der Waals surface area contributed by atoms with Crippen LogP contribution in [0.25, 0.3) is 5.69 Å². The molecule has 2 N–H and O–H groups in total. The van der Waals surface area contributed by atoms with Gasteiger partial charge in [0, 0.05) is 43.1 Å². The number of carbonyl (C=O) groups is 1. The molecule has 2 fully saturated rings. The van der Waals surface area contributed by atoms with Crippen LogP contribution in [-0.2, 0) is 17.8 Å². The third-order valence-corrected chi connectivity index (χ3v) is 7.91. The van der Waals surface area contributed by atoms with Gasteiger partial charge in [0.2, 0.25) is 17.6 Å². The highest BCUT2D eigenvalue weighted by molar-refractivity contribution is 5.81. The monoisotopic (exact) mass is 549 g/mol. The number of aromatic nitrogens is 4. The Balaban J connectivity index is 1.30. The molecule has 0 radical (unpaired) electrons. The van der Waals surface area contributed by atoms with Crippen molar-refractivity contribution in [2.45, 2.75) is 44.7 Å². The molecule has 1 aliphatic carbocycles. The Kier molecular flexibility index (Phi) is 7.09. The predicted octanol–water partition coefficient (Wildman–Crippen LogP) is 2.69. The standard InChI is InChI=1S/C28H35N7O5/c1-38-22-11-19(12-23(39-2)25(22)40-3)34-14-24(29-16-34)31-28-30-21-8-10-33(27(37)17-6-7-17)13-20(21)26(32-28)35-9-4-5-18(35)15-36/h11-12,14,16-18,36H,4-10,13,15H2,1-3H3,(H,30,31,32). The molecule has 1 amide bonds. The van der Waals surface area contributed by atoms with Gasteiger partial charge in [-0.05, 0) is 25.7 Å². The van der Waals surface area contributed by atoms with Gasteiger partial charge in [-0.15, -0.1) is 0 Å². The maximum absolute atomic E-state index is 12.9. The summed E-state index contributed by atoms with van der Waals surface area (Å²) in [7, 11) is 4.73. The number of rotatable bonds is 9. The topological polar surface area (TPSA) is 127 Å². The van der Waals surface area contributed by atoms with Crippen molar-refractivity contribution >= 4 is 23.5 Å². The molecule has 1 atom stereocenters. The first-order chi connectivity index (χ1) is 19.5. The van der Waals surface area contributed by atoms with E-state index in [9.17, 15) is 9.90 Å². The van der Waals surface area contributed by atoms with Crippen LogP contribution >= 0.6 is 0 Å². The van der Waals surface area contributed by atoms with Crippen molar-refractivity contribution in [2.75, 3.05) is 51.2 Å². The first-order valence-corrected chi connectivity index (χ1v) is 13.7. The molecule has 2 aliphatic heterocycles. The molecule has 212 valence electrons. The molecule has 2 aromatic heterocycles. The number of ether oxygens (including phenoxy) is 3. The highest BCUT2D eigenvalue weighted by Gasteiger charge is 2.37. The van der Waals surface area contributed by atoms with Gasteiger partial charge in [-0.25, -0.2) is 9.97 Å². The van der Waals surface area contributed by atoms with Crippen molar-refractivity contribution in [1.82, 2.24) is 24.4 Å². The lowest BCUT2D eigenvalue weighted by Gasteiger charge is -2.33. The van der Waals surface area contributed by atoms with Gasteiger partial charge in [-0.1, -0.05) is 0 Å². The molecule has 3 aliphatic rings. The second kappa shape index (κ2) is 10.8. The molecular weight excluding hydrogens is 514 g/mol. The van der Waals surface area contributed by atoms with Crippen LogP contribution < -0.4 is 24.4 Å². The summed E-state index contributed by atoms with van der Waals surface area (Å²) in [6, 6.07) is 3.69. The zero-order valence-corrected chi connectivity index (χ0v) is 23.1. The van der Waals surface area contributed by atoms with Gasteiger partial charge in [-0.2, -0.15) is 4.98 Å². The Morgan fingerprint density at radius 1 is 1.07 bits per heavy atom. The van der Waals surface area contributed by atoms with Crippen molar-refractivity contribution in [1.29, 1.82) is 0 Å². The van der Waals surface area contributed by atoms with E-state index in [1.165, 1.54) is 0 Å². The zero-order chi connectivity index (χ0) is 27.8. The summed E-state index contributed by atoms with van der Waals surface area (Å²) in [6.45, 7) is 2.02. The number of fused-ring (bicyclic) bond motifs is 1. The van der Waals surface area contributed by atoms with Crippen LogP contribution in [0.15, 0.2) is 24.7 Å². The zero-order valence-electron chi connectivity index (χ0n) is 23.1. The number of hydrogen-bond donors (Lipinski definition) is 2. The highest BCUT2D eigenvalue weighted by Crippen LogP contribution is 2.40. The first-order valence-electron chi connectivity index (χ1n) is 13.7. The fourth-order valence-corrected chi connectivity index (χ4v) is 5.63. The van der Waals surface area contributed by atoms with E-state index >= 15 is 0 Å². The minimum absolute atomic E-state index is 0.000557. The molecular formula is C28H35N7O5. The summed E-state index contributed by atoms with van der Waals surface area (Å²) in [5, 5.41) is 13.3. The molecule has 1 unspecified atom stereocenters. The van der Waals surface area contributed by atoms with Crippen molar-refractivity contribution < 1.29 is 24.1 Å². The van der Waals surface area contributed by atoms with Crippen LogP contribution in [0.4, 0.5) is 17.6 Å². The normalized spacial score (nSPS) is 18.4. The van der Waals surface area contributed by atoms with Gasteiger partial charge in [0.25, 0.3) is 0 Å². The van der Waals surface area contributed by atoms with E-state index in [1.807, 2.05) is 27.8 Å². The van der Waals surface area contributed by atoms with E-state index < -0.39 is 0 Å². The fraction of sp³-hybridized carbons (Fsp3) is 0.500. The molecule has 12 nitrogen and oxygen atoms in total. The maximum Gasteiger partial charge on any atom is 0.230 e. The van der Waals surface area contributed by atoms with Gasteiger partial charge in [0.05, 0.1) is 58.1 Å². The molecule has 40 heavy (non-hydrogen) atoms. The second-order valence-electron chi connectivity index (χ2n) is 10.4. The van der Waals surface area contributed by atoms with E-state index in [0.29, 0.717) is 48.5 Å². The highest BCUT2D eigenvalue weighted by atomic mass is 16.5. The summed E-state index contributed by atoms with van der Waals surface area (Å²) in [6.07, 6.45) is 8.04. The van der Waals surface area contributed by atoms with Gasteiger partial charge in [0.15, 0.2) is 17.3 Å². The molecule has 1 saturated carbocycles. The quantitative estimate of drug-likeness (QED) is 0.411. The third-order valence-electron chi connectivity index (χ3n) is 7.91. The number of nitrogens with zero attached hydrogens (tertiary/aromatic N) is 6. The van der Waals surface area contributed by atoms with Crippen molar-refractivity contribution in [3.8, 4) is 22.9 Å². The number of amides is 1. The third kappa shape index (κ3) is 4.87. The smallest absolute Gasteiger partial charge is 0.230 e. The first kappa shape index (κ1) is 26.2. The largest absolute Gasteiger partial charge is 0.493 e. The minimum Gasteiger partial charge on any atom is -0.493 e. The van der Waals surface area contributed by atoms with Crippen molar-refractivity contribution in [3.63, 3.8) is 0 Å². The van der Waals surface area contributed by atoms with E-state index in [-0.39, 0.29) is 24.5 Å². The van der Waals surface area contributed by atoms with Gasteiger partial charge in [-0.3, -0.25) is 4.79 Å². The summed E-state index contributed by atoms with van der Waals surface area (Å²) in [5.41, 5.74) is 2.69. The number of hydrogen-bond acceptors (Lipinski definition) is 10. The Morgan fingerprint density at radius 2 is 1.85 bits per heavy atom. The summed E-state index contributed by atoms with van der Waals surface area (Å²) >= 11 is 0. The molecule has 6 rings (SSSR count).